The maximum Gasteiger partial charge on any atom is 0.152 e. The Kier molecular flexibility index (Phi) is 1.48. The van der Waals surface area contributed by atoms with Gasteiger partial charge in [-0.25, -0.2) is 4.39 Å². The highest BCUT2D eigenvalue weighted by molar-refractivity contribution is 5.85. The Bertz CT molecular complexity index is 172. The van der Waals surface area contributed by atoms with Crippen molar-refractivity contribution in [1.82, 2.24) is 0 Å². The Balaban J connectivity index is 2.30. The van der Waals surface area contributed by atoms with E-state index in [4.69, 9.17) is 5.26 Å². The van der Waals surface area contributed by atoms with Gasteiger partial charge in [-0.3, -0.25) is 4.79 Å². The van der Waals surface area contributed by atoms with Crippen LogP contribution in [0.15, 0.2) is 0 Å². The van der Waals surface area contributed by atoms with Gasteiger partial charge in [-0.15, -0.1) is 0 Å². The smallest absolute Gasteiger partial charge is 0.152 e. The van der Waals surface area contributed by atoms with E-state index in [-0.39, 0.29) is 12.2 Å². The monoisotopic (exact) mass is 127 g/mol. The molecule has 0 aliphatic heterocycles. The molecule has 1 rings (SSSR count). The van der Waals surface area contributed by atoms with Gasteiger partial charge in [0.25, 0.3) is 0 Å². The summed E-state index contributed by atoms with van der Waals surface area (Å²) in [5, 5.41) is 8.01. The number of ketones is 1. The Morgan fingerprint density at radius 3 is 2.78 bits per heavy atom. The van der Waals surface area contributed by atoms with Crippen molar-refractivity contribution >= 4 is 5.78 Å². The van der Waals surface area contributed by atoms with Gasteiger partial charge in [-0.05, 0) is 6.42 Å². The fourth-order valence-electron chi connectivity index (χ4n) is 0.706. The first-order chi connectivity index (χ1) is 4.25. The number of rotatable bonds is 2. The summed E-state index contributed by atoms with van der Waals surface area (Å²) in [7, 11) is 0. The molecule has 0 saturated heterocycles. The molecule has 0 bridgehead atoms. The second-order valence-electron chi connectivity index (χ2n) is 2.16. The zero-order valence-corrected chi connectivity index (χ0v) is 4.80. The summed E-state index contributed by atoms with van der Waals surface area (Å²) in [6.07, 6.45) is -0.753. The molecule has 9 heavy (non-hydrogen) atoms. The van der Waals surface area contributed by atoms with Gasteiger partial charge in [0.1, 0.15) is 6.17 Å². The molecule has 0 heterocycles. The van der Waals surface area contributed by atoms with Crippen molar-refractivity contribution < 1.29 is 9.18 Å². The summed E-state index contributed by atoms with van der Waals surface area (Å²) in [5.41, 5.74) is 0. The van der Waals surface area contributed by atoms with E-state index in [1.807, 2.05) is 0 Å². The van der Waals surface area contributed by atoms with E-state index in [9.17, 15) is 9.18 Å². The molecule has 2 nitrogen and oxygen atoms in total. The number of halogens is 1. The van der Waals surface area contributed by atoms with Crippen LogP contribution in [0.1, 0.15) is 12.8 Å². The molecule has 0 radical (unpaired) electrons. The fraction of sp³-hybridized carbons (Fsp3) is 0.667. The van der Waals surface area contributed by atoms with Crippen molar-refractivity contribution in [2.45, 2.75) is 19.0 Å². The molecule has 1 saturated carbocycles. The molecule has 0 N–H and O–H groups in total. The molecule has 48 valence electrons. The molecule has 0 unspecified atom stereocenters. The van der Waals surface area contributed by atoms with Crippen molar-refractivity contribution in [3.05, 3.63) is 0 Å². The van der Waals surface area contributed by atoms with Crippen LogP contribution in [0.4, 0.5) is 4.39 Å². The molecule has 0 spiro atoms. The van der Waals surface area contributed by atoms with Crippen molar-refractivity contribution in [2.75, 3.05) is 0 Å². The number of carbonyl (C=O) groups is 1. The van der Waals surface area contributed by atoms with Crippen LogP contribution in [-0.4, -0.2) is 12.0 Å². The van der Waals surface area contributed by atoms with E-state index in [0.717, 1.165) is 0 Å². The van der Waals surface area contributed by atoms with Gasteiger partial charge >= 0.3 is 0 Å². The molecule has 1 aliphatic carbocycles. The van der Waals surface area contributed by atoms with Crippen LogP contribution >= 0.6 is 0 Å². The molecular formula is C6H6FNO. The number of nitrogens with zero attached hydrogens (tertiary/aromatic N) is 1. The third-order valence-corrected chi connectivity index (χ3v) is 1.38. The van der Waals surface area contributed by atoms with E-state index >= 15 is 0 Å². The summed E-state index contributed by atoms with van der Waals surface area (Å²) in [6, 6.07) is 1.69. The van der Waals surface area contributed by atoms with Crippen molar-refractivity contribution in [2.24, 2.45) is 5.92 Å². The number of hydrogen-bond donors (Lipinski definition) is 0. The highest BCUT2D eigenvalue weighted by Gasteiger charge is 2.42. The third-order valence-electron chi connectivity index (χ3n) is 1.38. The Morgan fingerprint density at radius 1 is 1.89 bits per heavy atom. The second kappa shape index (κ2) is 2.14. The number of carbonyl (C=O) groups excluding carboxylic acids is 1. The Labute approximate surface area is 52.3 Å². The first-order valence-electron chi connectivity index (χ1n) is 2.79. The zero-order chi connectivity index (χ0) is 6.85. The standard InChI is InChI=1S/C6H6FNO/c7-5-3-4(5)6(9)1-2-8/h4-5H,1,3H2/t4-,5-/m0/s1. The molecule has 0 aromatic carbocycles. The Morgan fingerprint density at radius 2 is 2.44 bits per heavy atom. The van der Waals surface area contributed by atoms with Crippen LogP contribution < -0.4 is 0 Å². The first-order valence-corrected chi connectivity index (χ1v) is 2.79. The molecular weight excluding hydrogens is 121 g/mol. The summed E-state index contributed by atoms with van der Waals surface area (Å²) < 4.78 is 12.0. The minimum atomic E-state index is -0.953. The average molecular weight is 127 g/mol. The maximum absolute atomic E-state index is 12.0. The van der Waals surface area contributed by atoms with Gasteiger partial charge in [0.05, 0.1) is 18.4 Å². The van der Waals surface area contributed by atoms with Crippen LogP contribution in [0.2, 0.25) is 0 Å². The quantitative estimate of drug-likeness (QED) is 0.551. The lowest BCUT2D eigenvalue weighted by Crippen LogP contribution is -2.00. The van der Waals surface area contributed by atoms with Crippen molar-refractivity contribution in [3.8, 4) is 6.07 Å². The van der Waals surface area contributed by atoms with Gasteiger partial charge in [0.15, 0.2) is 5.78 Å². The molecule has 0 aromatic heterocycles. The molecule has 0 amide bonds. The number of hydrogen-bond acceptors (Lipinski definition) is 2. The van der Waals surface area contributed by atoms with Crippen LogP contribution in [0.5, 0.6) is 0 Å². The summed E-state index contributed by atoms with van der Waals surface area (Å²) in [6.45, 7) is 0. The van der Waals surface area contributed by atoms with Crippen LogP contribution in [-0.2, 0) is 4.79 Å². The largest absolute Gasteiger partial charge is 0.298 e. The number of Topliss-reactive ketones (excluding diaryl/α,β-unsaturated/α-hetero) is 1. The van der Waals surface area contributed by atoms with Gasteiger partial charge in [-0.1, -0.05) is 0 Å². The van der Waals surface area contributed by atoms with E-state index in [1.165, 1.54) is 0 Å². The predicted octanol–water partition coefficient (Wildman–Crippen LogP) is 0.827. The van der Waals surface area contributed by atoms with Crippen LogP contribution in [0.3, 0.4) is 0 Å². The number of nitriles is 1. The molecule has 1 aliphatic rings. The minimum Gasteiger partial charge on any atom is -0.298 e. The molecule has 0 aromatic rings. The minimum absolute atomic E-state index is 0.134. The van der Waals surface area contributed by atoms with Gasteiger partial charge in [0, 0.05) is 0 Å². The van der Waals surface area contributed by atoms with E-state index in [2.05, 4.69) is 0 Å². The lowest BCUT2D eigenvalue weighted by atomic mass is 10.2. The lowest BCUT2D eigenvalue weighted by Gasteiger charge is -1.84. The van der Waals surface area contributed by atoms with Crippen molar-refractivity contribution in [1.29, 1.82) is 5.26 Å². The maximum atomic E-state index is 12.0. The Hall–Kier alpha value is -0.910. The topological polar surface area (TPSA) is 40.9 Å². The summed E-state index contributed by atoms with van der Waals surface area (Å²) in [4.78, 5) is 10.6. The number of alkyl halides is 1. The van der Waals surface area contributed by atoms with Crippen LogP contribution in [0, 0.1) is 17.2 Å². The van der Waals surface area contributed by atoms with E-state index in [1.54, 1.807) is 6.07 Å². The van der Waals surface area contributed by atoms with Gasteiger partial charge < -0.3 is 0 Å². The van der Waals surface area contributed by atoms with E-state index < -0.39 is 12.1 Å². The molecule has 1 fully saturated rings. The average Bonchev–Trinajstić information content (AvgIpc) is 2.47. The van der Waals surface area contributed by atoms with E-state index in [0.29, 0.717) is 6.42 Å². The summed E-state index contributed by atoms with van der Waals surface area (Å²) in [5.74, 6) is -0.686. The highest BCUT2D eigenvalue weighted by Crippen LogP contribution is 2.35. The second-order valence-corrected chi connectivity index (χ2v) is 2.16. The zero-order valence-electron chi connectivity index (χ0n) is 4.80. The normalized spacial score (nSPS) is 31.1. The molecule has 2 atom stereocenters. The fourth-order valence-corrected chi connectivity index (χ4v) is 0.706. The third kappa shape index (κ3) is 1.26. The lowest BCUT2D eigenvalue weighted by molar-refractivity contribution is -0.119. The first kappa shape index (κ1) is 6.21. The predicted molar refractivity (Wildman–Crippen MR) is 28.2 cm³/mol. The van der Waals surface area contributed by atoms with Crippen molar-refractivity contribution in [3.63, 3.8) is 0 Å². The van der Waals surface area contributed by atoms with Gasteiger partial charge in [-0.2, -0.15) is 5.26 Å². The summed E-state index contributed by atoms with van der Waals surface area (Å²) >= 11 is 0. The highest BCUT2D eigenvalue weighted by atomic mass is 19.1. The van der Waals surface area contributed by atoms with Gasteiger partial charge in [0.2, 0.25) is 0 Å². The van der Waals surface area contributed by atoms with Crippen LogP contribution in [0.25, 0.3) is 0 Å². The SMILES string of the molecule is N#CCC(=O)[C@H]1C[C@@H]1F. The molecule has 3 heteroatoms.